The molecule has 1 saturated heterocycles. The molecule has 0 saturated carbocycles. The number of benzene rings is 1. The number of allylic oxidation sites excluding steroid dienone is 1. The van der Waals surface area contributed by atoms with Gasteiger partial charge in [0, 0.05) is 34.1 Å². The maximum atomic E-state index is 8.84. The predicted molar refractivity (Wildman–Crippen MR) is 123 cm³/mol. The van der Waals surface area contributed by atoms with Gasteiger partial charge in [-0.15, -0.1) is 11.8 Å². The molecule has 0 amide bonds. The first-order chi connectivity index (χ1) is 14.6. The smallest absolute Gasteiger partial charge is 0.0889 e. The number of hydrogen-bond acceptors (Lipinski definition) is 6. The topological polar surface area (TPSA) is 70.9 Å². The second kappa shape index (κ2) is 9.24. The van der Waals surface area contributed by atoms with Gasteiger partial charge in [0.05, 0.1) is 36.4 Å². The number of aryl methyl sites for hydroxylation is 1. The highest BCUT2D eigenvalue weighted by molar-refractivity contribution is 7.98. The summed E-state index contributed by atoms with van der Waals surface area (Å²) < 4.78 is 5.26. The maximum absolute atomic E-state index is 8.84. The fourth-order valence-corrected chi connectivity index (χ4v) is 3.58. The van der Waals surface area contributed by atoms with Gasteiger partial charge >= 0.3 is 0 Å². The van der Waals surface area contributed by atoms with Crippen molar-refractivity contribution in [3.8, 4) is 11.3 Å². The van der Waals surface area contributed by atoms with Crippen LogP contribution in [-0.2, 0) is 4.74 Å². The quantitative estimate of drug-likeness (QED) is 0.436. The van der Waals surface area contributed by atoms with E-state index >= 15 is 0 Å². The van der Waals surface area contributed by atoms with Crippen molar-refractivity contribution < 1.29 is 4.74 Å². The second-order valence-corrected chi connectivity index (χ2v) is 8.04. The number of thioether (sulfide) groups is 1. The first-order valence-electron chi connectivity index (χ1n) is 9.82. The number of aromatic nitrogens is 2. The summed E-state index contributed by atoms with van der Waals surface area (Å²) in [6, 6.07) is 18.4. The molecule has 30 heavy (non-hydrogen) atoms. The van der Waals surface area contributed by atoms with Gasteiger partial charge in [0.2, 0.25) is 0 Å². The van der Waals surface area contributed by atoms with Crippen LogP contribution in [0.5, 0.6) is 0 Å². The molecule has 0 atom stereocenters. The SMILES string of the molecule is CSc1ccc(-c2cc(/C(=C/NC3COC3)C(=N)c3cccc(C)n3)ccn2)cc1. The third-order valence-corrected chi connectivity index (χ3v) is 5.72. The van der Waals surface area contributed by atoms with Crippen LogP contribution >= 0.6 is 11.8 Å². The van der Waals surface area contributed by atoms with Gasteiger partial charge in [-0.05, 0) is 55.1 Å². The minimum Gasteiger partial charge on any atom is -0.383 e. The van der Waals surface area contributed by atoms with Crippen molar-refractivity contribution in [2.45, 2.75) is 17.9 Å². The minimum atomic E-state index is 0.277. The van der Waals surface area contributed by atoms with Gasteiger partial charge in [-0.25, -0.2) is 0 Å². The summed E-state index contributed by atoms with van der Waals surface area (Å²) in [7, 11) is 0. The molecule has 0 spiro atoms. The molecule has 0 bridgehead atoms. The predicted octanol–water partition coefficient (Wildman–Crippen LogP) is 4.57. The number of nitrogens with one attached hydrogen (secondary N) is 2. The summed E-state index contributed by atoms with van der Waals surface area (Å²) in [6.45, 7) is 3.30. The van der Waals surface area contributed by atoms with Gasteiger partial charge in [0.1, 0.15) is 0 Å². The normalized spacial score (nSPS) is 14.3. The molecule has 3 aromatic rings. The highest BCUT2D eigenvalue weighted by Gasteiger charge is 2.18. The molecule has 0 radical (unpaired) electrons. The van der Waals surface area contributed by atoms with Crippen LogP contribution in [0.2, 0.25) is 0 Å². The van der Waals surface area contributed by atoms with Crippen LogP contribution in [0.1, 0.15) is 17.0 Å². The minimum absolute atomic E-state index is 0.277. The Labute approximate surface area is 181 Å². The summed E-state index contributed by atoms with van der Waals surface area (Å²) in [5.41, 5.74) is 5.55. The fraction of sp³-hybridized carbons (Fsp3) is 0.208. The molecule has 2 N–H and O–H groups in total. The lowest BCUT2D eigenvalue weighted by Gasteiger charge is -2.26. The molecule has 1 aliphatic heterocycles. The monoisotopic (exact) mass is 416 g/mol. The van der Waals surface area contributed by atoms with E-state index < -0.39 is 0 Å². The van der Waals surface area contributed by atoms with Crippen molar-refractivity contribution in [2.24, 2.45) is 0 Å². The third kappa shape index (κ3) is 4.61. The summed E-state index contributed by atoms with van der Waals surface area (Å²) in [5.74, 6) is 0. The molecule has 3 heterocycles. The van der Waals surface area contributed by atoms with Crippen molar-refractivity contribution in [1.29, 1.82) is 5.41 Å². The van der Waals surface area contributed by atoms with Crippen molar-refractivity contribution >= 4 is 23.0 Å². The highest BCUT2D eigenvalue weighted by Crippen LogP contribution is 2.26. The highest BCUT2D eigenvalue weighted by atomic mass is 32.2. The van der Waals surface area contributed by atoms with Gasteiger partial charge in [-0.2, -0.15) is 0 Å². The van der Waals surface area contributed by atoms with Crippen LogP contribution in [0.25, 0.3) is 16.8 Å². The van der Waals surface area contributed by atoms with Gasteiger partial charge in [-0.1, -0.05) is 18.2 Å². The van der Waals surface area contributed by atoms with E-state index in [2.05, 4.69) is 45.8 Å². The van der Waals surface area contributed by atoms with E-state index in [9.17, 15) is 0 Å². The molecule has 4 rings (SSSR count). The Morgan fingerprint density at radius 2 is 1.97 bits per heavy atom. The fourth-order valence-electron chi connectivity index (χ4n) is 3.17. The molecule has 1 aromatic carbocycles. The summed E-state index contributed by atoms with van der Waals surface area (Å²) in [5, 5.41) is 12.2. The molecule has 152 valence electrons. The number of ether oxygens (including phenoxy) is 1. The largest absolute Gasteiger partial charge is 0.383 e. The van der Waals surface area contributed by atoms with Crippen molar-refractivity contribution in [2.75, 3.05) is 19.5 Å². The number of pyridine rings is 2. The Kier molecular flexibility index (Phi) is 6.26. The second-order valence-electron chi connectivity index (χ2n) is 7.16. The van der Waals surface area contributed by atoms with Crippen molar-refractivity contribution in [1.82, 2.24) is 15.3 Å². The van der Waals surface area contributed by atoms with E-state index in [0.29, 0.717) is 24.6 Å². The third-order valence-electron chi connectivity index (χ3n) is 4.97. The Bertz CT molecular complexity index is 1070. The molecule has 1 aliphatic rings. The molecular formula is C24H24N4OS. The van der Waals surface area contributed by atoms with Crippen LogP contribution in [0.15, 0.2) is 71.9 Å². The number of hydrogen-bond donors (Lipinski definition) is 2. The molecule has 1 fully saturated rings. The lowest BCUT2D eigenvalue weighted by molar-refractivity contribution is 0.000843. The van der Waals surface area contributed by atoms with Gasteiger partial charge in [-0.3, -0.25) is 15.4 Å². The molecule has 0 unspecified atom stereocenters. The molecule has 6 heteroatoms. The average molecular weight is 417 g/mol. The zero-order chi connectivity index (χ0) is 20.9. The van der Waals surface area contributed by atoms with Gasteiger partial charge in [0.15, 0.2) is 0 Å². The molecule has 2 aromatic heterocycles. The van der Waals surface area contributed by atoms with E-state index in [1.165, 1.54) is 4.90 Å². The first kappa shape index (κ1) is 20.3. The van der Waals surface area contributed by atoms with E-state index in [-0.39, 0.29) is 6.04 Å². The summed E-state index contributed by atoms with van der Waals surface area (Å²) in [6.07, 6.45) is 5.77. The molecule has 0 aliphatic carbocycles. The van der Waals surface area contributed by atoms with Crippen LogP contribution in [0.3, 0.4) is 0 Å². The Hall–Kier alpha value is -2.96. The molecule has 5 nitrogen and oxygen atoms in total. The van der Waals surface area contributed by atoms with Crippen LogP contribution in [0, 0.1) is 12.3 Å². The standard InChI is InChI=1S/C24H24N4OS/c1-16-4-3-5-22(28-16)24(25)21(13-27-19-14-29-15-19)18-10-11-26-23(12-18)17-6-8-20(30-2)9-7-17/h3-13,19,25,27H,14-15H2,1-2H3/b21-13-,25-24?. The number of rotatable bonds is 7. The molecular weight excluding hydrogens is 392 g/mol. The van der Waals surface area contributed by atoms with Crippen LogP contribution < -0.4 is 5.32 Å². The lowest BCUT2D eigenvalue weighted by atomic mass is 9.98. The van der Waals surface area contributed by atoms with E-state index in [4.69, 9.17) is 10.1 Å². The number of nitrogens with zero attached hydrogens (tertiary/aromatic N) is 2. The Morgan fingerprint density at radius 3 is 2.63 bits per heavy atom. The van der Waals surface area contributed by atoms with Gasteiger partial charge < -0.3 is 10.1 Å². The zero-order valence-corrected chi connectivity index (χ0v) is 17.9. The van der Waals surface area contributed by atoms with Crippen LogP contribution in [-0.4, -0.2) is 41.2 Å². The maximum Gasteiger partial charge on any atom is 0.0889 e. The van der Waals surface area contributed by atoms with Crippen molar-refractivity contribution in [3.63, 3.8) is 0 Å². The van der Waals surface area contributed by atoms with E-state index in [0.717, 1.165) is 28.1 Å². The summed E-state index contributed by atoms with van der Waals surface area (Å²) in [4.78, 5) is 10.3. The van der Waals surface area contributed by atoms with Crippen molar-refractivity contribution in [3.05, 3.63) is 83.9 Å². The van der Waals surface area contributed by atoms with E-state index in [1.807, 2.05) is 43.5 Å². The van der Waals surface area contributed by atoms with E-state index in [1.54, 1.807) is 18.0 Å². The zero-order valence-electron chi connectivity index (χ0n) is 17.1. The first-order valence-corrected chi connectivity index (χ1v) is 11.0. The van der Waals surface area contributed by atoms with Gasteiger partial charge in [0.25, 0.3) is 0 Å². The van der Waals surface area contributed by atoms with Crippen LogP contribution in [0.4, 0.5) is 0 Å². The Balaban J connectivity index is 1.70. The average Bonchev–Trinajstić information content (AvgIpc) is 2.75. The lowest BCUT2D eigenvalue weighted by Crippen LogP contribution is -2.43. The summed E-state index contributed by atoms with van der Waals surface area (Å²) >= 11 is 1.72. The Morgan fingerprint density at radius 1 is 1.17 bits per heavy atom.